The average molecular weight is 261 g/mol. The van der Waals surface area contributed by atoms with Gasteiger partial charge in [-0.15, -0.1) is 0 Å². The third-order valence-electron chi connectivity index (χ3n) is 4.02. The summed E-state index contributed by atoms with van der Waals surface area (Å²) in [6.07, 6.45) is 2.03. The van der Waals surface area contributed by atoms with Gasteiger partial charge in [-0.25, -0.2) is 0 Å². The van der Waals surface area contributed by atoms with Gasteiger partial charge in [0.2, 0.25) is 0 Å². The molecule has 0 aliphatic carbocycles. The first-order valence-electron chi connectivity index (χ1n) is 6.96. The van der Waals surface area contributed by atoms with Crippen molar-refractivity contribution in [2.75, 3.05) is 20.2 Å². The molecule has 3 heteroatoms. The summed E-state index contributed by atoms with van der Waals surface area (Å²) >= 11 is 0. The quantitative estimate of drug-likeness (QED) is 0.784. The minimum absolute atomic E-state index is 0.0466. The molecule has 1 unspecified atom stereocenters. The molecule has 1 atom stereocenters. The Kier molecular flexibility index (Phi) is 4.59. The summed E-state index contributed by atoms with van der Waals surface area (Å²) in [5.41, 5.74) is 3.99. The second-order valence-electron chi connectivity index (χ2n) is 5.52. The van der Waals surface area contributed by atoms with Crippen LogP contribution in [0.3, 0.4) is 0 Å². The Morgan fingerprint density at radius 1 is 1.37 bits per heavy atom. The number of carbonyl (C=O) groups is 1. The van der Waals surface area contributed by atoms with Gasteiger partial charge in [0.05, 0.1) is 13.0 Å². The standard InChI is InChI=1S/C16H23NO2/c1-12-6-7-14(9-13(12)2)10-17-8-4-5-15(11-17)16(18)19-3/h6-7,9,15H,4-5,8,10-11H2,1-3H3. The Morgan fingerprint density at radius 3 is 2.84 bits per heavy atom. The van der Waals surface area contributed by atoms with Crippen molar-refractivity contribution in [3.05, 3.63) is 34.9 Å². The average Bonchev–Trinajstić information content (AvgIpc) is 2.42. The molecule has 19 heavy (non-hydrogen) atoms. The van der Waals surface area contributed by atoms with E-state index >= 15 is 0 Å². The minimum Gasteiger partial charge on any atom is -0.469 e. The number of methoxy groups -OCH3 is 1. The summed E-state index contributed by atoms with van der Waals surface area (Å²) in [5.74, 6) is -0.0184. The van der Waals surface area contributed by atoms with E-state index in [-0.39, 0.29) is 11.9 Å². The van der Waals surface area contributed by atoms with Gasteiger partial charge in [0.1, 0.15) is 0 Å². The molecule has 0 N–H and O–H groups in total. The highest BCUT2D eigenvalue weighted by molar-refractivity contribution is 5.72. The highest BCUT2D eigenvalue weighted by atomic mass is 16.5. The molecular weight excluding hydrogens is 238 g/mol. The number of hydrogen-bond donors (Lipinski definition) is 0. The number of piperidine rings is 1. The molecule has 1 fully saturated rings. The largest absolute Gasteiger partial charge is 0.469 e. The van der Waals surface area contributed by atoms with Gasteiger partial charge >= 0.3 is 5.97 Å². The number of hydrogen-bond acceptors (Lipinski definition) is 3. The lowest BCUT2D eigenvalue weighted by atomic mass is 9.97. The van der Waals surface area contributed by atoms with Crippen LogP contribution in [0.15, 0.2) is 18.2 Å². The normalized spacial score (nSPS) is 20.3. The molecular formula is C16H23NO2. The van der Waals surface area contributed by atoms with Crippen LogP contribution < -0.4 is 0 Å². The third-order valence-corrected chi connectivity index (χ3v) is 4.02. The maximum Gasteiger partial charge on any atom is 0.309 e. The highest BCUT2D eigenvalue weighted by Crippen LogP contribution is 2.20. The summed E-state index contributed by atoms with van der Waals surface area (Å²) in [5, 5.41) is 0. The zero-order valence-corrected chi connectivity index (χ0v) is 12.1. The molecule has 1 heterocycles. The van der Waals surface area contributed by atoms with E-state index in [0.29, 0.717) is 0 Å². The zero-order chi connectivity index (χ0) is 13.8. The highest BCUT2D eigenvalue weighted by Gasteiger charge is 2.26. The van der Waals surface area contributed by atoms with Crippen molar-refractivity contribution < 1.29 is 9.53 Å². The number of esters is 1. The Bertz CT molecular complexity index is 456. The summed E-state index contributed by atoms with van der Waals surface area (Å²) in [6, 6.07) is 6.60. The van der Waals surface area contributed by atoms with Crippen LogP contribution in [0.5, 0.6) is 0 Å². The summed E-state index contributed by atoms with van der Waals surface area (Å²) in [4.78, 5) is 14.0. The number of benzene rings is 1. The van der Waals surface area contributed by atoms with Gasteiger partial charge in [-0.2, -0.15) is 0 Å². The molecule has 1 aromatic rings. The number of nitrogens with zero attached hydrogens (tertiary/aromatic N) is 1. The van der Waals surface area contributed by atoms with Crippen molar-refractivity contribution in [3.8, 4) is 0 Å². The van der Waals surface area contributed by atoms with E-state index < -0.39 is 0 Å². The van der Waals surface area contributed by atoms with Crippen LogP contribution in [0.25, 0.3) is 0 Å². The fourth-order valence-electron chi connectivity index (χ4n) is 2.72. The maximum atomic E-state index is 11.6. The van der Waals surface area contributed by atoms with Crippen molar-refractivity contribution in [1.29, 1.82) is 0 Å². The van der Waals surface area contributed by atoms with Crippen LogP contribution in [0.4, 0.5) is 0 Å². The van der Waals surface area contributed by atoms with Gasteiger partial charge in [-0.1, -0.05) is 18.2 Å². The van der Waals surface area contributed by atoms with Gasteiger partial charge in [-0.05, 0) is 49.9 Å². The number of ether oxygens (including phenoxy) is 1. The zero-order valence-electron chi connectivity index (χ0n) is 12.1. The van der Waals surface area contributed by atoms with Gasteiger partial charge in [-0.3, -0.25) is 9.69 Å². The van der Waals surface area contributed by atoms with E-state index in [0.717, 1.165) is 32.5 Å². The fraction of sp³-hybridized carbons (Fsp3) is 0.562. The molecule has 0 radical (unpaired) electrons. The number of likely N-dealkylation sites (tertiary alicyclic amines) is 1. The summed E-state index contributed by atoms with van der Waals surface area (Å²) in [7, 11) is 1.48. The molecule has 2 rings (SSSR count). The monoisotopic (exact) mass is 261 g/mol. The molecule has 0 amide bonds. The molecule has 0 saturated carbocycles. The van der Waals surface area contributed by atoms with Gasteiger partial charge in [0, 0.05) is 13.1 Å². The van der Waals surface area contributed by atoms with Crippen LogP contribution in [-0.4, -0.2) is 31.1 Å². The molecule has 0 aromatic heterocycles. The van der Waals surface area contributed by atoms with Crippen molar-refractivity contribution in [2.45, 2.75) is 33.2 Å². The van der Waals surface area contributed by atoms with Crippen LogP contribution >= 0.6 is 0 Å². The van der Waals surface area contributed by atoms with E-state index in [1.165, 1.54) is 23.8 Å². The molecule has 3 nitrogen and oxygen atoms in total. The van der Waals surface area contributed by atoms with E-state index in [9.17, 15) is 4.79 Å². The van der Waals surface area contributed by atoms with Crippen LogP contribution in [0, 0.1) is 19.8 Å². The van der Waals surface area contributed by atoms with Gasteiger partial charge < -0.3 is 4.74 Å². The molecule has 1 saturated heterocycles. The van der Waals surface area contributed by atoms with E-state index in [4.69, 9.17) is 4.74 Å². The second kappa shape index (κ2) is 6.20. The van der Waals surface area contributed by atoms with Crippen LogP contribution in [0.1, 0.15) is 29.5 Å². The van der Waals surface area contributed by atoms with Crippen LogP contribution in [-0.2, 0) is 16.1 Å². The van der Waals surface area contributed by atoms with Crippen molar-refractivity contribution in [1.82, 2.24) is 4.90 Å². The lowest BCUT2D eigenvalue weighted by molar-refractivity contribution is -0.147. The predicted octanol–water partition coefficient (Wildman–Crippen LogP) is 2.69. The SMILES string of the molecule is COC(=O)C1CCCN(Cc2ccc(C)c(C)c2)C1. The summed E-state index contributed by atoms with van der Waals surface area (Å²) in [6.45, 7) is 7.09. The topological polar surface area (TPSA) is 29.5 Å². The number of aryl methyl sites for hydroxylation is 2. The number of carbonyl (C=O) groups excluding carboxylic acids is 1. The van der Waals surface area contributed by atoms with Crippen LogP contribution in [0.2, 0.25) is 0 Å². The first-order chi connectivity index (χ1) is 9.10. The van der Waals surface area contributed by atoms with E-state index in [1.807, 2.05) is 0 Å². The molecule has 1 aliphatic heterocycles. The molecule has 0 spiro atoms. The fourth-order valence-corrected chi connectivity index (χ4v) is 2.72. The molecule has 1 aromatic carbocycles. The second-order valence-corrected chi connectivity index (χ2v) is 5.52. The van der Waals surface area contributed by atoms with Crippen molar-refractivity contribution in [2.24, 2.45) is 5.92 Å². The molecule has 0 bridgehead atoms. The van der Waals surface area contributed by atoms with Gasteiger partial charge in [0.25, 0.3) is 0 Å². The Hall–Kier alpha value is -1.35. The van der Waals surface area contributed by atoms with Gasteiger partial charge in [0.15, 0.2) is 0 Å². The Balaban J connectivity index is 1.98. The lowest BCUT2D eigenvalue weighted by Crippen LogP contribution is -2.38. The smallest absolute Gasteiger partial charge is 0.309 e. The predicted molar refractivity (Wildman–Crippen MR) is 75.9 cm³/mol. The number of rotatable bonds is 3. The lowest BCUT2D eigenvalue weighted by Gasteiger charge is -2.31. The van der Waals surface area contributed by atoms with Crippen molar-refractivity contribution in [3.63, 3.8) is 0 Å². The Labute approximate surface area is 115 Å². The molecule has 104 valence electrons. The minimum atomic E-state index is -0.0650. The van der Waals surface area contributed by atoms with E-state index in [1.54, 1.807) is 0 Å². The maximum absolute atomic E-state index is 11.6. The Morgan fingerprint density at radius 2 is 2.16 bits per heavy atom. The molecule has 1 aliphatic rings. The van der Waals surface area contributed by atoms with Crippen molar-refractivity contribution >= 4 is 5.97 Å². The summed E-state index contributed by atoms with van der Waals surface area (Å²) < 4.78 is 4.86. The third kappa shape index (κ3) is 3.57. The van der Waals surface area contributed by atoms with E-state index in [2.05, 4.69) is 36.9 Å². The first-order valence-corrected chi connectivity index (χ1v) is 6.96. The first kappa shape index (κ1) is 14.1.